The maximum atomic E-state index is 5.63. The Labute approximate surface area is 65.6 Å². The van der Waals surface area contributed by atoms with E-state index in [0.29, 0.717) is 6.54 Å². The predicted octanol–water partition coefficient (Wildman–Crippen LogP) is 0.973. The average Bonchev–Trinajstić information content (AvgIpc) is 2.70. The fourth-order valence-corrected chi connectivity index (χ4v) is 1.33. The second-order valence-corrected chi connectivity index (χ2v) is 3.31. The topological polar surface area (TPSA) is 52.0 Å². The minimum atomic E-state index is 0.178. The molecule has 60 valence electrons. The van der Waals surface area contributed by atoms with Crippen molar-refractivity contribution in [2.75, 3.05) is 6.54 Å². The molecule has 1 aliphatic rings. The van der Waals surface area contributed by atoms with E-state index in [2.05, 4.69) is 5.16 Å². The van der Waals surface area contributed by atoms with Crippen molar-refractivity contribution in [3.8, 4) is 0 Å². The number of nitrogens with zero attached hydrogens (tertiary/aromatic N) is 1. The highest BCUT2D eigenvalue weighted by Gasteiger charge is 2.45. The molecule has 0 saturated heterocycles. The Hall–Kier alpha value is -0.830. The minimum Gasteiger partial charge on any atom is -0.361 e. The van der Waals surface area contributed by atoms with Crippen LogP contribution < -0.4 is 5.73 Å². The molecular formula is C8H12N2O. The average molecular weight is 152 g/mol. The van der Waals surface area contributed by atoms with Gasteiger partial charge in [0.2, 0.25) is 0 Å². The molecule has 0 radical (unpaired) electrons. The summed E-state index contributed by atoms with van der Waals surface area (Å²) in [7, 11) is 0. The van der Waals surface area contributed by atoms with E-state index in [1.54, 1.807) is 0 Å². The van der Waals surface area contributed by atoms with Crippen LogP contribution in [0.5, 0.6) is 0 Å². The molecule has 1 saturated carbocycles. The van der Waals surface area contributed by atoms with Gasteiger partial charge in [0.05, 0.1) is 5.69 Å². The van der Waals surface area contributed by atoms with Crippen LogP contribution in [0, 0.1) is 6.92 Å². The lowest BCUT2D eigenvalue weighted by molar-refractivity contribution is 0.383. The quantitative estimate of drug-likeness (QED) is 0.687. The molecule has 0 unspecified atom stereocenters. The largest absolute Gasteiger partial charge is 0.361 e. The first-order valence-corrected chi connectivity index (χ1v) is 3.91. The van der Waals surface area contributed by atoms with Gasteiger partial charge in [-0.1, -0.05) is 5.16 Å². The van der Waals surface area contributed by atoms with Crippen molar-refractivity contribution in [3.63, 3.8) is 0 Å². The first-order valence-electron chi connectivity index (χ1n) is 3.91. The van der Waals surface area contributed by atoms with Gasteiger partial charge in [0.25, 0.3) is 0 Å². The van der Waals surface area contributed by atoms with Crippen molar-refractivity contribution in [2.45, 2.75) is 25.2 Å². The number of aromatic nitrogens is 1. The van der Waals surface area contributed by atoms with Crippen LogP contribution in [0.4, 0.5) is 0 Å². The lowest BCUT2D eigenvalue weighted by Gasteiger charge is -2.05. The molecule has 3 nitrogen and oxygen atoms in total. The molecule has 0 aromatic carbocycles. The second kappa shape index (κ2) is 2.08. The van der Waals surface area contributed by atoms with Crippen molar-refractivity contribution in [3.05, 3.63) is 17.5 Å². The van der Waals surface area contributed by atoms with Crippen LogP contribution >= 0.6 is 0 Å². The highest BCUT2D eigenvalue weighted by Crippen LogP contribution is 2.46. The van der Waals surface area contributed by atoms with Crippen LogP contribution in [0.15, 0.2) is 10.6 Å². The summed E-state index contributed by atoms with van der Waals surface area (Å²) in [6, 6.07) is 1.99. The molecule has 2 N–H and O–H groups in total. The zero-order valence-corrected chi connectivity index (χ0v) is 6.63. The Morgan fingerprint density at radius 2 is 2.45 bits per heavy atom. The van der Waals surface area contributed by atoms with Gasteiger partial charge in [0.1, 0.15) is 5.76 Å². The standard InChI is InChI=1S/C8H12N2O/c1-6-4-7(10-11-6)8(5-9)2-3-8/h4H,2-3,5,9H2,1H3. The Balaban J connectivity index is 2.29. The van der Waals surface area contributed by atoms with E-state index in [0.717, 1.165) is 24.3 Å². The number of aryl methyl sites for hydroxylation is 1. The molecule has 1 aromatic rings. The molecular weight excluding hydrogens is 140 g/mol. The monoisotopic (exact) mass is 152 g/mol. The molecule has 0 atom stereocenters. The Morgan fingerprint density at radius 3 is 2.82 bits per heavy atom. The van der Waals surface area contributed by atoms with Gasteiger partial charge in [0.15, 0.2) is 0 Å². The van der Waals surface area contributed by atoms with Crippen LogP contribution in [-0.4, -0.2) is 11.7 Å². The summed E-state index contributed by atoms with van der Waals surface area (Å²) in [4.78, 5) is 0. The van der Waals surface area contributed by atoms with Crippen molar-refractivity contribution in [2.24, 2.45) is 5.73 Å². The number of rotatable bonds is 2. The number of nitrogens with two attached hydrogens (primary N) is 1. The molecule has 0 amide bonds. The van der Waals surface area contributed by atoms with E-state index >= 15 is 0 Å². The first kappa shape index (κ1) is 6.85. The molecule has 1 fully saturated rings. The van der Waals surface area contributed by atoms with Crippen LogP contribution in [0.2, 0.25) is 0 Å². The van der Waals surface area contributed by atoms with E-state index < -0.39 is 0 Å². The maximum absolute atomic E-state index is 5.63. The maximum Gasteiger partial charge on any atom is 0.133 e. The van der Waals surface area contributed by atoms with Gasteiger partial charge < -0.3 is 10.3 Å². The fourth-order valence-electron chi connectivity index (χ4n) is 1.33. The molecule has 11 heavy (non-hydrogen) atoms. The fraction of sp³-hybridized carbons (Fsp3) is 0.625. The summed E-state index contributed by atoms with van der Waals surface area (Å²) < 4.78 is 4.99. The highest BCUT2D eigenvalue weighted by molar-refractivity contribution is 5.24. The molecule has 1 aliphatic carbocycles. The van der Waals surface area contributed by atoms with Gasteiger partial charge in [-0.05, 0) is 19.8 Å². The molecule has 0 aliphatic heterocycles. The Morgan fingerprint density at radius 1 is 1.73 bits per heavy atom. The van der Waals surface area contributed by atoms with Crippen molar-refractivity contribution >= 4 is 0 Å². The van der Waals surface area contributed by atoms with Gasteiger partial charge in [0, 0.05) is 18.0 Å². The third kappa shape index (κ3) is 0.959. The summed E-state index contributed by atoms with van der Waals surface area (Å²) in [6.45, 7) is 2.60. The molecule has 1 aromatic heterocycles. The minimum absolute atomic E-state index is 0.178. The molecule has 2 rings (SSSR count). The van der Waals surface area contributed by atoms with Crippen LogP contribution in [0.1, 0.15) is 24.3 Å². The molecule has 0 spiro atoms. The zero-order valence-electron chi connectivity index (χ0n) is 6.63. The van der Waals surface area contributed by atoms with Gasteiger partial charge in [-0.25, -0.2) is 0 Å². The van der Waals surface area contributed by atoms with E-state index in [9.17, 15) is 0 Å². The zero-order chi connectivity index (χ0) is 7.90. The summed E-state index contributed by atoms with van der Waals surface area (Å²) >= 11 is 0. The molecule has 0 bridgehead atoms. The number of hydrogen-bond acceptors (Lipinski definition) is 3. The first-order chi connectivity index (χ1) is 5.27. The highest BCUT2D eigenvalue weighted by atomic mass is 16.5. The SMILES string of the molecule is Cc1cc(C2(CN)CC2)no1. The van der Waals surface area contributed by atoms with E-state index in [1.165, 1.54) is 0 Å². The summed E-state index contributed by atoms with van der Waals surface area (Å²) in [5.74, 6) is 0.875. The molecule has 3 heteroatoms. The summed E-state index contributed by atoms with van der Waals surface area (Å²) in [5.41, 5.74) is 6.85. The van der Waals surface area contributed by atoms with Crippen LogP contribution in [-0.2, 0) is 5.41 Å². The van der Waals surface area contributed by atoms with Gasteiger partial charge in [-0.2, -0.15) is 0 Å². The van der Waals surface area contributed by atoms with Crippen LogP contribution in [0.3, 0.4) is 0 Å². The smallest absolute Gasteiger partial charge is 0.133 e. The normalized spacial score (nSPS) is 20.2. The Bertz CT molecular complexity index is 263. The summed E-state index contributed by atoms with van der Waals surface area (Å²) in [5, 5.41) is 3.97. The Kier molecular flexibility index (Phi) is 1.29. The van der Waals surface area contributed by atoms with Crippen molar-refractivity contribution < 1.29 is 4.52 Å². The third-order valence-corrected chi connectivity index (χ3v) is 2.42. The predicted molar refractivity (Wildman–Crippen MR) is 41.2 cm³/mol. The lowest BCUT2D eigenvalue weighted by Crippen LogP contribution is -2.19. The van der Waals surface area contributed by atoms with E-state index in [-0.39, 0.29) is 5.41 Å². The lowest BCUT2D eigenvalue weighted by atomic mass is 10.0. The number of hydrogen-bond donors (Lipinski definition) is 1. The van der Waals surface area contributed by atoms with Gasteiger partial charge in [-0.3, -0.25) is 0 Å². The van der Waals surface area contributed by atoms with Gasteiger partial charge >= 0.3 is 0 Å². The molecule has 1 heterocycles. The van der Waals surface area contributed by atoms with Crippen molar-refractivity contribution in [1.29, 1.82) is 0 Å². The van der Waals surface area contributed by atoms with Crippen LogP contribution in [0.25, 0.3) is 0 Å². The third-order valence-electron chi connectivity index (χ3n) is 2.42. The second-order valence-electron chi connectivity index (χ2n) is 3.31. The summed E-state index contributed by atoms with van der Waals surface area (Å²) in [6.07, 6.45) is 2.32. The van der Waals surface area contributed by atoms with Gasteiger partial charge in [-0.15, -0.1) is 0 Å². The van der Waals surface area contributed by atoms with Crippen molar-refractivity contribution in [1.82, 2.24) is 5.16 Å². The van der Waals surface area contributed by atoms with E-state index in [4.69, 9.17) is 10.3 Å². The van der Waals surface area contributed by atoms with E-state index in [1.807, 2.05) is 13.0 Å².